The zero-order valence-electron chi connectivity index (χ0n) is 17.1. The minimum absolute atomic E-state index is 0.00269. The summed E-state index contributed by atoms with van der Waals surface area (Å²) in [5.41, 5.74) is 5.85. The summed E-state index contributed by atoms with van der Waals surface area (Å²) >= 11 is 0. The molecule has 3 rings (SSSR count). The average molecular weight is 396 g/mol. The van der Waals surface area contributed by atoms with Crippen LogP contribution in [0.1, 0.15) is 31.0 Å². The van der Waals surface area contributed by atoms with Crippen molar-refractivity contribution in [1.82, 2.24) is 10.3 Å². The number of hydrazone groups is 1. The van der Waals surface area contributed by atoms with Crippen molar-refractivity contribution in [3.63, 3.8) is 0 Å². The predicted molar refractivity (Wildman–Crippen MR) is 114 cm³/mol. The number of aryl methyl sites for hydroxylation is 1. The highest BCUT2D eigenvalue weighted by molar-refractivity contribution is 5.90. The van der Waals surface area contributed by atoms with Crippen molar-refractivity contribution in [3.8, 4) is 5.75 Å². The summed E-state index contributed by atoms with van der Waals surface area (Å²) in [5.74, 6) is 0.395. The lowest BCUT2D eigenvalue weighted by Gasteiger charge is -2.34. The molecule has 1 amide bonds. The van der Waals surface area contributed by atoms with Crippen molar-refractivity contribution < 1.29 is 14.3 Å². The van der Waals surface area contributed by atoms with E-state index in [1.165, 1.54) is 5.56 Å². The molecule has 2 aromatic rings. The number of morpholine rings is 1. The Morgan fingerprint density at radius 2 is 1.83 bits per heavy atom. The monoisotopic (exact) mass is 395 g/mol. The second-order valence-corrected chi connectivity index (χ2v) is 7.04. The van der Waals surface area contributed by atoms with Crippen LogP contribution in [-0.2, 0) is 16.0 Å². The summed E-state index contributed by atoms with van der Waals surface area (Å²) in [4.78, 5) is 14.5. The molecule has 154 valence electrons. The summed E-state index contributed by atoms with van der Waals surface area (Å²) in [6.07, 6.45) is 0.973. The lowest BCUT2D eigenvalue weighted by Crippen LogP contribution is -2.42. The quantitative estimate of drug-likeness (QED) is 0.551. The molecule has 29 heavy (non-hydrogen) atoms. The average Bonchev–Trinajstić information content (AvgIpc) is 2.78. The highest BCUT2D eigenvalue weighted by atomic mass is 16.5. The first-order valence-corrected chi connectivity index (χ1v) is 10.1. The van der Waals surface area contributed by atoms with Crippen LogP contribution in [0.15, 0.2) is 59.7 Å². The van der Waals surface area contributed by atoms with Crippen LogP contribution in [-0.4, -0.2) is 49.4 Å². The van der Waals surface area contributed by atoms with E-state index in [1.807, 2.05) is 49.4 Å². The molecule has 1 aliphatic rings. The van der Waals surface area contributed by atoms with E-state index in [4.69, 9.17) is 9.47 Å². The van der Waals surface area contributed by atoms with E-state index in [-0.39, 0.29) is 18.6 Å². The van der Waals surface area contributed by atoms with Crippen molar-refractivity contribution in [2.24, 2.45) is 5.10 Å². The number of rotatable bonds is 8. The second kappa shape index (κ2) is 10.7. The molecule has 0 spiro atoms. The number of nitrogens with zero attached hydrogens (tertiary/aromatic N) is 2. The number of benzene rings is 2. The number of hydrogen-bond acceptors (Lipinski definition) is 5. The molecule has 0 aromatic heterocycles. The van der Waals surface area contributed by atoms with Crippen LogP contribution in [0.5, 0.6) is 5.75 Å². The van der Waals surface area contributed by atoms with Crippen molar-refractivity contribution in [1.29, 1.82) is 0 Å². The van der Waals surface area contributed by atoms with Gasteiger partial charge in [0.1, 0.15) is 5.75 Å². The van der Waals surface area contributed by atoms with Gasteiger partial charge in [-0.05, 0) is 36.6 Å². The van der Waals surface area contributed by atoms with E-state index >= 15 is 0 Å². The minimum Gasteiger partial charge on any atom is -0.484 e. The van der Waals surface area contributed by atoms with Crippen LogP contribution >= 0.6 is 0 Å². The van der Waals surface area contributed by atoms with Gasteiger partial charge in [0, 0.05) is 13.1 Å². The van der Waals surface area contributed by atoms with Gasteiger partial charge in [-0.15, -0.1) is 0 Å². The van der Waals surface area contributed by atoms with Crippen LogP contribution in [0.25, 0.3) is 0 Å². The SMILES string of the molecule is CCc1ccc(OCC(=O)N/N=C(/C)[C@@H](c2ccccc2)N2CCOCC2)cc1. The fourth-order valence-electron chi connectivity index (χ4n) is 3.40. The first-order chi connectivity index (χ1) is 14.2. The van der Waals surface area contributed by atoms with E-state index in [1.54, 1.807) is 0 Å². The van der Waals surface area contributed by atoms with E-state index in [0.717, 1.165) is 30.8 Å². The molecule has 6 heteroatoms. The number of amides is 1. The molecule has 0 saturated carbocycles. The number of ether oxygens (including phenoxy) is 2. The number of nitrogens with one attached hydrogen (secondary N) is 1. The molecule has 2 aromatic carbocycles. The van der Waals surface area contributed by atoms with Crippen molar-refractivity contribution in [2.45, 2.75) is 26.3 Å². The van der Waals surface area contributed by atoms with E-state index in [9.17, 15) is 4.79 Å². The molecule has 0 radical (unpaired) electrons. The third kappa shape index (κ3) is 6.14. The number of carbonyl (C=O) groups is 1. The molecule has 1 aliphatic heterocycles. The topological polar surface area (TPSA) is 63.2 Å². The highest BCUT2D eigenvalue weighted by Gasteiger charge is 2.25. The molecule has 6 nitrogen and oxygen atoms in total. The first kappa shape index (κ1) is 21.0. The van der Waals surface area contributed by atoms with Crippen molar-refractivity contribution in [3.05, 3.63) is 65.7 Å². The Labute approximate surface area is 172 Å². The van der Waals surface area contributed by atoms with Crippen LogP contribution in [0.4, 0.5) is 0 Å². The Morgan fingerprint density at radius 1 is 1.14 bits per heavy atom. The first-order valence-electron chi connectivity index (χ1n) is 10.1. The molecule has 1 N–H and O–H groups in total. The highest BCUT2D eigenvalue weighted by Crippen LogP contribution is 2.23. The molecule has 1 atom stereocenters. The van der Waals surface area contributed by atoms with Gasteiger partial charge in [0.15, 0.2) is 6.61 Å². The van der Waals surface area contributed by atoms with Gasteiger partial charge in [0.2, 0.25) is 0 Å². The summed E-state index contributed by atoms with van der Waals surface area (Å²) < 4.78 is 11.0. The number of carbonyl (C=O) groups excluding carboxylic acids is 1. The Bertz CT molecular complexity index is 800. The fourth-order valence-corrected chi connectivity index (χ4v) is 3.40. The predicted octanol–water partition coefficient (Wildman–Crippen LogP) is 3.19. The van der Waals surface area contributed by atoms with Crippen LogP contribution in [0.3, 0.4) is 0 Å². The van der Waals surface area contributed by atoms with Gasteiger partial charge in [-0.1, -0.05) is 49.4 Å². The van der Waals surface area contributed by atoms with Gasteiger partial charge in [-0.3, -0.25) is 9.69 Å². The van der Waals surface area contributed by atoms with Crippen LogP contribution < -0.4 is 10.2 Å². The lowest BCUT2D eigenvalue weighted by molar-refractivity contribution is -0.123. The maximum Gasteiger partial charge on any atom is 0.277 e. The van der Waals surface area contributed by atoms with E-state index in [2.05, 4.69) is 34.5 Å². The molecule has 1 saturated heterocycles. The summed E-state index contributed by atoms with van der Waals surface area (Å²) in [7, 11) is 0. The Balaban J connectivity index is 1.60. The van der Waals surface area contributed by atoms with Crippen LogP contribution in [0.2, 0.25) is 0 Å². The summed E-state index contributed by atoms with van der Waals surface area (Å²) in [5, 5.41) is 4.37. The second-order valence-electron chi connectivity index (χ2n) is 7.04. The molecular weight excluding hydrogens is 366 g/mol. The van der Waals surface area contributed by atoms with E-state index in [0.29, 0.717) is 19.0 Å². The Hall–Kier alpha value is -2.70. The van der Waals surface area contributed by atoms with Crippen molar-refractivity contribution in [2.75, 3.05) is 32.9 Å². The molecule has 0 aliphatic carbocycles. The van der Waals surface area contributed by atoms with Gasteiger partial charge in [-0.25, -0.2) is 5.43 Å². The fraction of sp³-hybridized carbons (Fsp3) is 0.391. The van der Waals surface area contributed by atoms with E-state index < -0.39 is 0 Å². The van der Waals surface area contributed by atoms with Gasteiger partial charge < -0.3 is 9.47 Å². The lowest BCUT2D eigenvalue weighted by atomic mass is 10.0. The van der Waals surface area contributed by atoms with Gasteiger partial charge >= 0.3 is 0 Å². The Morgan fingerprint density at radius 3 is 2.48 bits per heavy atom. The summed E-state index contributed by atoms with van der Waals surface area (Å²) in [6, 6.07) is 18.0. The summed E-state index contributed by atoms with van der Waals surface area (Å²) in [6.45, 7) is 7.03. The molecule has 0 unspecified atom stereocenters. The minimum atomic E-state index is -0.280. The third-order valence-electron chi connectivity index (χ3n) is 4.98. The van der Waals surface area contributed by atoms with Gasteiger partial charge in [-0.2, -0.15) is 5.10 Å². The maximum atomic E-state index is 12.2. The normalized spacial score (nSPS) is 16.3. The van der Waals surface area contributed by atoms with Crippen molar-refractivity contribution >= 4 is 11.6 Å². The molecule has 1 fully saturated rings. The van der Waals surface area contributed by atoms with Gasteiger partial charge in [0.05, 0.1) is 25.0 Å². The standard InChI is InChI=1S/C23H29N3O3/c1-3-19-9-11-21(12-10-19)29-17-22(27)25-24-18(2)23(20-7-5-4-6-8-20)26-13-15-28-16-14-26/h4-12,23H,3,13-17H2,1-2H3,(H,25,27)/b24-18-/t23-/m0/s1. The zero-order chi connectivity index (χ0) is 20.5. The largest absolute Gasteiger partial charge is 0.484 e. The van der Waals surface area contributed by atoms with Crippen LogP contribution in [0, 0.1) is 0 Å². The Kier molecular flexibility index (Phi) is 7.78. The smallest absolute Gasteiger partial charge is 0.277 e. The van der Waals surface area contributed by atoms with Gasteiger partial charge in [0.25, 0.3) is 5.91 Å². The zero-order valence-corrected chi connectivity index (χ0v) is 17.1. The molecular formula is C23H29N3O3. The number of hydrogen-bond donors (Lipinski definition) is 1. The molecule has 1 heterocycles. The molecule has 0 bridgehead atoms. The third-order valence-corrected chi connectivity index (χ3v) is 4.98. The maximum absolute atomic E-state index is 12.2.